The summed E-state index contributed by atoms with van der Waals surface area (Å²) in [6.45, 7) is 9.55. The van der Waals surface area contributed by atoms with Crippen LogP contribution in [0.2, 0.25) is 0 Å². The van der Waals surface area contributed by atoms with Crippen LogP contribution in [0, 0.1) is 0 Å². The number of aromatic nitrogens is 8. The van der Waals surface area contributed by atoms with Crippen LogP contribution >= 0.6 is 0 Å². The van der Waals surface area contributed by atoms with Gasteiger partial charge in [0.2, 0.25) is 5.91 Å². The molecule has 23 nitrogen and oxygen atoms in total. The van der Waals surface area contributed by atoms with E-state index < -0.39 is 49.1 Å². The number of anilines is 2. The number of methoxy groups -OCH3 is 2. The highest BCUT2D eigenvalue weighted by Gasteiger charge is 2.46. The van der Waals surface area contributed by atoms with Gasteiger partial charge in [0, 0.05) is 80.3 Å². The zero-order valence-electron chi connectivity index (χ0n) is 42.4. The fraction of sp³-hybridized carbons (Fsp3) is 0.540. The SMILES string of the molecule is CNc1nc(CCNC2CN(C(c3ccccc3)c3ccccc3)C2)nc2c1ncn2[C@@H]1O[C@H](COC)[C@@H](O)[C@H]1O.CNc1nc(CNCCC(=O)NC(C)(C)C)nc2c1ncn2[C@@H]1O[C@H](COC)[C@@H](O)[C@H]1O.[HH]. The number of aliphatic hydroxyl groups is 4. The van der Waals surface area contributed by atoms with Gasteiger partial charge < -0.3 is 66.0 Å². The van der Waals surface area contributed by atoms with Gasteiger partial charge in [-0.05, 0) is 31.9 Å². The molecule has 0 unspecified atom stereocenters. The monoisotopic (exact) mass is 1010 g/mol. The topological polar surface area (TPSA) is 286 Å². The molecule has 0 spiro atoms. The maximum atomic E-state index is 12.0. The van der Waals surface area contributed by atoms with E-state index in [-0.39, 0.29) is 32.1 Å². The van der Waals surface area contributed by atoms with E-state index in [4.69, 9.17) is 23.9 Å². The summed E-state index contributed by atoms with van der Waals surface area (Å²) in [6, 6.07) is 21.9. The molecule has 4 aromatic heterocycles. The number of amides is 1. The molecule has 0 saturated carbocycles. The summed E-state index contributed by atoms with van der Waals surface area (Å²) in [5, 5.41) is 57.7. The maximum absolute atomic E-state index is 12.0. The summed E-state index contributed by atoms with van der Waals surface area (Å²) in [6.07, 6.45) is -3.44. The molecule has 9 N–H and O–H groups in total. The summed E-state index contributed by atoms with van der Waals surface area (Å²) >= 11 is 0. The molecular formula is C50H72N14O9. The number of rotatable bonds is 20. The van der Waals surface area contributed by atoms with Crippen molar-refractivity contribution in [2.75, 3.05) is 78.3 Å². The van der Waals surface area contributed by atoms with Gasteiger partial charge in [-0.2, -0.15) is 0 Å². The van der Waals surface area contributed by atoms with Crippen molar-refractivity contribution in [2.24, 2.45) is 0 Å². The molecule has 3 aliphatic heterocycles. The molecule has 23 heteroatoms. The second-order valence-corrected chi connectivity index (χ2v) is 19.4. The summed E-state index contributed by atoms with van der Waals surface area (Å²) in [4.78, 5) is 41.8. The van der Waals surface area contributed by atoms with Gasteiger partial charge in [0.1, 0.15) is 48.3 Å². The van der Waals surface area contributed by atoms with Gasteiger partial charge in [0.05, 0.1) is 38.5 Å². The Bertz CT molecular complexity index is 2690. The molecule has 8 atom stereocenters. The third kappa shape index (κ3) is 12.4. The molecule has 2 aromatic carbocycles. The molecule has 396 valence electrons. The first-order valence-electron chi connectivity index (χ1n) is 24.6. The van der Waals surface area contributed by atoms with Gasteiger partial charge in [-0.25, -0.2) is 29.9 Å². The Morgan fingerprint density at radius 2 is 1.22 bits per heavy atom. The summed E-state index contributed by atoms with van der Waals surface area (Å²) < 4.78 is 25.2. The molecule has 6 aromatic rings. The minimum Gasteiger partial charge on any atom is -0.387 e. The van der Waals surface area contributed by atoms with E-state index in [1.807, 2.05) is 20.8 Å². The van der Waals surface area contributed by atoms with Crippen LogP contribution in [-0.2, 0) is 36.7 Å². The molecule has 3 fully saturated rings. The second kappa shape index (κ2) is 24.0. The van der Waals surface area contributed by atoms with E-state index in [2.05, 4.69) is 117 Å². The van der Waals surface area contributed by atoms with E-state index in [9.17, 15) is 25.2 Å². The molecule has 0 radical (unpaired) electrons. The number of carbonyl (C=O) groups is 1. The first kappa shape index (κ1) is 53.5. The number of fused-ring (bicyclic) bond motifs is 2. The zero-order chi connectivity index (χ0) is 51.8. The lowest BCUT2D eigenvalue weighted by Gasteiger charge is -2.45. The van der Waals surface area contributed by atoms with E-state index in [1.54, 1.807) is 29.6 Å². The average Bonchev–Trinajstić information content (AvgIpc) is 4.13. The lowest BCUT2D eigenvalue weighted by molar-refractivity contribution is -0.122. The Morgan fingerprint density at radius 1 is 0.726 bits per heavy atom. The van der Waals surface area contributed by atoms with Crippen molar-refractivity contribution >= 4 is 39.9 Å². The smallest absolute Gasteiger partial charge is 0.221 e. The molecule has 1 amide bonds. The number of hydrogen-bond donors (Lipinski definition) is 9. The number of benzene rings is 2. The van der Waals surface area contributed by atoms with Crippen molar-refractivity contribution < 1.29 is 45.6 Å². The van der Waals surface area contributed by atoms with Crippen LogP contribution < -0.4 is 26.6 Å². The summed E-state index contributed by atoms with van der Waals surface area (Å²) in [5.74, 6) is 2.24. The van der Waals surface area contributed by atoms with Crippen LogP contribution in [0.15, 0.2) is 73.3 Å². The molecule has 0 aliphatic carbocycles. The minimum atomic E-state index is -1.16. The van der Waals surface area contributed by atoms with Crippen LogP contribution in [0.5, 0.6) is 0 Å². The highest BCUT2D eigenvalue weighted by atomic mass is 16.6. The third-order valence-corrected chi connectivity index (χ3v) is 12.9. The highest BCUT2D eigenvalue weighted by molar-refractivity contribution is 5.84. The van der Waals surface area contributed by atoms with Crippen molar-refractivity contribution in [2.45, 2.75) is 107 Å². The molecule has 3 aliphatic rings. The fourth-order valence-electron chi connectivity index (χ4n) is 9.37. The summed E-state index contributed by atoms with van der Waals surface area (Å²) in [5.41, 5.74) is 4.42. The fourth-order valence-corrected chi connectivity index (χ4v) is 9.37. The first-order chi connectivity index (χ1) is 35.2. The molecule has 3 saturated heterocycles. The Morgan fingerprint density at radius 3 is 1.70 bits per heavy atom. The minimum absolute atomic E-state index is 0. The zero-order valence-corrected chi connectivity index (χ0v) is 42.4. The lowest BCUT2D eigenvalue weighted by atomic mass is 9.93. The van der Waals surface area contributed by atoms with Crippen LogP contribution in [0.25, 0.3) is 22.3 Å². The highest BCUT2D eigenvalue weighted by Crippen LogP contribution is 2.35. The molecule has 0 bridgehead atoms. The standard InChI is InChI=1S/C30H37N7O4.C20H33N7O5.H2/c1-31-28-24-29(37(18-33-24)30-27(39)26(38)22(41-30)17-40-2)35-23(34-28)13-14-32-21-15-36(16-21)25(19-9-5-3-6-10-19)20-11-7-4-8-12-20;1-20(2,3)26-13(28)6-7-22-8-12-24-17(21-4)14-18(25-12)27(10-23-14)19-16(30)15(29)11(32-19)9-31-5;/h3-12,18,21-22,25-27,30,32,38-39H,13-17H2,1-2H3,(H,31,34,35);10-11,15-16,19,22,29-30H,6-9H2,1-5H3,(H,26,28)(H,21,24,25);1H/t22-,26-,27-,30-;11-,15-,16-,19-;/m11./s1. The molecule has 73 heavy (non-hydrogen) atoms. The summed E-state index contributed by atoms with van der Waals surface area (Å²) in [7, 11) is 6.55. The third-order valence-electron chi connectivity index (χ3n) is 12.9. The van der Waals surface area contributed by atoms with Gasteiger partial charge in [0.15, 0.2) is 46.4 Å². The van der Waals surface area contributed by atoms with E-state index in [1.165, 1.54) is 31.7 Å². The Balaban J connectivity index is 0.000000220. The van der Waals surface area contributed by atoms with Crippen LogP contribution in [0.1, 0.15) is 69.9 Å². The molecular weight excluding hydrogens is 941 g/mol. The number of imidazole rings is 2. The number of nitrogens with zero attached hydrogens (tertiary/aromatic N) is 9. The van der Waals surface area contributed by atoms with Gasteiger partial charge in [-0.15, -0.1) is 0 Å². The van der Waals surface area contributed by atoms with Gasteiger partial charge >= 0.3 is 0 Å². The predicted molar refractivity (Wildman–Crippen MR) is 273 cm³/mol. The number of likely N-dealkylation sites (tertiary alicyclic amines) is 1. The Hall–Kier alpha value is -5.83. The van der Waals surface area contributed by atoms with Crippen LogP contribution in [0.4, 0.5) is 11.6 Å². The Labute approximate surface area is 425 Å². The van der Waals surface area contributed by atoms with Crippen LogP contribution in [0.3, 0.4) is 0 Å². The van der Waals surface area contributed by atoms with Crippen LogP contribution in [-0.4, -0.2) is 186 Å². The Kier molecular flexibility index (Phi) is 17.6. The van der Waals surface area contributed by atoms with E-state index in [0.29, 0.717) is 77.6 Å². The number of nitrogens with one attached hydrogen (secondary N) is 5. The van der Waals surface area contributed by atoms with Gasteiger partial charge in [-0.3, -0.25) is 18.8 Å². The number of aliphatic hydroxyl groups excluding tert-OH is 4. The quantitative estimate of drug-likeness (QED) is 0.0490. The molecule has 9 rings (SSSR count). The maximum Gasteiger partial charge on any atom is 0.221 e. The van der Waals surface area contributed by atoms with E-state index >= 15 is 0 Å². The number of carbonyl (C=O) groups excluding carboxylic acids is 1. The molecule has 7 heterocycles. The second-order valence-electron chi connectivity index (χ2n) is 19.4. The first-order valence-corrected chi connectivity index (χ1v) is 24.6. The van der Waals surface area contributed by atoms with Gasteiger partial charge in [-0.1, -0.05) is 60.7 Å². The largest absolute Gasteiger partial charge is 0.387 e. The normalized spacial score (nSPS) is 23.5. The van der Waals surface area contributed by atoms with Crippen molar-refractivity contribution in [1.29, 1.82) is 0 Å². The van der Waals surface area contributed by atoms with Gasteiger partial charge in [0.25, 0.3) is 0 Å². The average molecular weight is 1010 g/mol. The van der Waals surface area contributed by atoms with Crippen molar-refractivity contribution in [1.82, 2.24) is 59.9 Å². The van der Waals surface area contributed by atoms with Crippen molar-refractivity contribution in [3.63, 3.8) is 0 Å². The predicted octanol–water partition coefficient (Wildman–Crippen LogP) is 1.51. The lowest BCUT2D eigenvalue weighted by Crippen LogP contribution is -2.59. The van der Waals surface area contributed by atoms with Crippen molar-refractivity contribution in [3.05, 3.63) is 96.1 Å². The van der Waals surface area contributed by atoms with E-state index in [0.717, 1.165) is 19.6 Å². The number of ether oxygens (including phenoxy) is 4. The number of hydrogen-bond acceptors (Lipinski definition) is 20. The van der Waals surface area contributed by atoms with Crippen molar-refractivity contribution in [3.8, 4) is 0 Å².